The molecule has 0 aromatic heterocycles. The third kappa shape index (κ3) is 2.54. The van der Waals surface area contributed by atoms with Crippen molar-refractivity contribution in [2.24, 2.45) is 0 Å². The maximum Gasteiger partial charge on any atom is 0.233 e. The Hall–Kier alpha value is -1.51. The number of benzene rings is 1. The van der Waals surface area contributed by atoms with Crippen LogP contribution in [-0.4, -0.2) is 30.5 Å². The molecule has 1 atom stereocenters. The summed E-state index contributed by atoms with van der Waals surface area (Å²) in [6, 6.07) is 8.51. The lowest BCUT2D eigenvalue weighted by Crippen LogP contribution is -2.48. The zero-order valence-electron chi connectivity index (χ0n) is 13.1. The minimum absolute atomic E-state index is 0.239. The molecule has 1 saturated carbocycles. The largest absolute Gasteiger partial charge is 0.497 e. The molecule has 3 heteroatoms. The van der Waals surface area contributed by atoms with Crippen molar-refractivity contribution in [3.63, 3.8) is 0 Å². The summed E-state index contributed by atoms with van der Waals surface area (Å²) >= 11 is 0. The Morgan fingerprint density at radius 1 is 1.29 bits per heavy atom. The van der Waals surface area contributed by atoms with Crippen LogP contribution in [-0.2, 0) is 10.2 Å². The summed E-state index contributed by atoms with van der Waals surface area (Å²) in [6.45, 7) is 3.14. The molecule has 114 valence electrons. The number of amides is 1. The van der Waals surface area contributed by atoms with Crippen molar-refractivity contribution in [1.29, 1.82) is 0 Å². The molecule has 0 radical (unpaired) electrons. The second-order valence-corrected chi connectivity index (χ2v) is 6.37. The predicted molar refractivity (Wildman–Crippen MR) is 83.5 cm³/mol. The van der Waals surface area contributed by atoms with Crippen LogP contribution < -0.4 is 4.74 Å². The Labute approximate surface area is 127 Å². The van der Waals surface area contributed by atoms with Crippen molar-refractivity contribution in [2.45, 2.75) is 56.9 Å². The van der Waals surface area contributed by atoms with Crippen LogP contribution in [0.25, 0.3) is 0 Å². The van der Waals surface area contributed by atoms with E-state index in [1.54, 1.807) is 7.11 Å². The van der Waals surface area contributed by atoms with Crippen molar-refractivity contribution < 1.29 is 9.53 Å². The quantitative estimate of drug-likeness (QED) is 0.848. The molecule has 1 unspecified atom stereocenters. The van der Waals surface area contributed by atoms with Gasteiger partial charge in [-0.05, 0) is 56.2 Å². The van der Waals surface area contributed by atoms with Gasteiger partial charge in [0, 0.05) is 12.6 Å². The topological polar surface area (TPSA) is 29.5 Å². The van der Waals surface area contributed by atoms with Crippen LogP contribution in [0.15, 0.2) is 24.3 Å². The fraction of sp³-hybridized carbons (Fsp3) is 0.611. The minimum Gasteiger partial charge on any atom is -0.497 e. The summed E-state index contributed by atoms with van der Waals surface area (Å²) in [5.74, 6) is 1.21. The van der Waals surface area contributed by atoms with E-state index in [1.165, 1.54) is 12.8 Å². The molecule has 1 aromatic rings. The zero-order valence-corrected chi connectivity index (χ0v) is 13.1. The summed E-state index contributed by atoms with van der Waals surface area (Å²) in [4.78, 5) is 15.3. The number of nitrogens with zero attached hydrogens (tertiary/aromatic N) is 1. The zero-order chi connectivity index (χ0) is 14.9. The molecule has 3 rings (SSSR count). The van der Waals surface area contributed by atoms with Gasteiger partial charge in [0.15, 0.2) is 0 Å². The standard InChI is InChI=1S/C18H25NO2/c1-3-15-6-4-5-13-19(15)17(20)18(11-12-18)14-7-9-16(21-2)10-8-14/h7-10,15H,3-6,11-13H2,1-2H3. The summed E-state index contributed by atoms with van der Waals surface area (Å²) in [6.07, 6.45) is 6.64. The second-order valence-electron chi connectivity index (χ2n) is 6.37. The Bertz CT molecular complexity index is 504. The van der Waals surface area contributed by atoms with Crippen LogP contribution >= 0.6 is 0 Å². The van der Waals surface area contributed by atoms with E-state index in [1.807, 2.05) is 12.1 Å². The second kappa shape index (κ2) is 5.70. The highest BCUT2D eigenvalue weighted by molar-refractivity contribution is 5.91. The Kier molecular flexibility index (Phi) is 3.92. The first-order valence-corrected chi connectivity index (χ1v) is 8.17. The van der Waals surface area contributed by atoms with Gasteiger partial charge in [-0.1, -0.05) is 19.1 Å². The molecule has 1 amide bonds. The third-order valence-corrected chi connectivity index (χ3v) is 5.16. The lowest BCUT2D eigenvalue weighted by Gasteiger charge is -2.38. The summed E-state index contributed by atoms with van der Waals surface area (Å²) < 4.78 is 5.22. The van der Waals surface area contributed by atoms with Crippen LogP contribution in [0.5, 0.6) is 5.75 Å². The smallest absolute Gasteiger partial charge is 0.233 e. The number of likely N-dealkylation sites (tertiary alicyclic amines) is 1. The van der Waals surface area contributed by atoms with Gasteiger partial charge in [-0.2, -0.15) is 0 Å². The Morgan fingerprint density at radius 3 is 2.57 bits per heavy atom. The Balaban J connectivity index is 1.82. The van der Waals surface area contributed by atoms with Crippen LogP contribution in [0.4, 0.5) is 0 Å². The minimum atomic E-state index is -0.239. The van der Waals surface area contributed by atoms with Gasteiger partial charge in [0.25, 0.3) is 0 Å². The molecule has 21 heavy (non-hydrogen) atoms. The van der Waals surface area contributed by atoms with Crippen molar-refractivity contribution in [1.82, 2.24) is 4.90 Å². The molecule has 1 heterocycles. The summed E-state index contributed by atoms with van der Waals surface area (Å²) in [5, 5.41) is 0. The molecule has 1 aromatic carbocycles. The van der Waals surface area contributed by atoms with E-state index in [0.717, 1.165) is 43.5 Å². The number of methoxy groups -OCH3 is 1. The average Bonchev–Trinajstić information content (AvgIpc) is 3.36. The van der Waals surface area contributed by atoms with E-state index in [-0.39, 0.29) is 5.41 Å². The van der Waals surface area contributed by atoms with Crippen molar-refractivity contribution in [3.05, 3.63) is 29.8 Å². The van der Waals surface area contributed by atoms with Crippen LogP contribution in [0, 0.1) is 0 Å². The van der Waals surface area contributed by atoms with Gasteiger partial charge >= 0.3 is 0 Å². The molecular weight excluding hydrogens is 262 g/mol. The maximum absolute atomic E-state index is 13.1. The van der Waals surface area contributed by atoms with Gasteiger partial charge in [-0.3, -0.25) is 4.79 Å². The normalized spacial score (nSPS) is 23.7. The van der Waals surface area contributed by atoms with E-state index in [9.17, 15) is 4.79 Å². The monoisotopic (exact) mass is 287 g/mol. The van der Waals surface area contributed by atoms with Crippen molar-refractivity contribution in [2.75, 3.05) is 13.7 Å². The highest BCUT2D eigenvalue weighted by Gasteiger charge is 2.53. The fourth-order valence-corrected chi connectivity index (χ4v) is 3.63. The maximum atomic E-state index is 13.1. The van der Waals surface area contributed by atoms with Gasteiger partial charge in [0.2, 0.25) is 5.91 Å². The number of piperidine rings is 1. The van der Waals surface area contributed by atoms with Crippen molar-refractivity contribution in [3.8, 4) is 5.75 Å². The van der Waals surface area contributed by atoms with E-state index in [4.69, 9.17) is 4.74 Å². The molecule has 1 aliphatic carbocycles. The van der Waals surface area contributed by atoms with Crippen molar-refractivity contribution >= 4 is 5.91 Å². The van der Waals surface area contributed by atoms with E-state index in [0.29, 0.717) is 11.9 Å². The number of hydrogen-bond acceptors (Lipinski definition) is 2. The van der Waals surface area contributed by atoms with Crippen LogP contribution in [0.3, 0.4) is 0 Å². The first-order chi connectivity index (χ1) is 10.2. The van der Waals surface area contributed by atoms with E-state index in [2.05, 4.69) is 24.0 Å². The molecule has 2 aliphatic rings. The van der Waals surface area contributed by atoms with Crippen LogP contribution in [0.1, 0.15) is 51.0 Å². The molecule has 1 aliphatic heterocycles. The average molecular weight is 287 g/mol. The molecule has 0 spiro atoms. The SMILES string of the molecule is CCC1CCCCN1C(=O)C1(c2ccc(OC)cc2)CC1. The number of carbonyl (C=O) groups excluding carboxylic acids is 1. The highest BCUT2D eigenvalue weighted by atomic mass is 16.5. The molecular formula is C18H25NO2. The first-order valence-electron chi connectivity index (χ1n) is 8.17. The third-order valence-electron chi connectivity index (χ3n) is 5.16. The summed E-state index contributed by atoms with van der Waals surface area (Å²) in [7, 11) is 1.67. The lowest BCUT2D eigenvalue weighted by atomic mass is 9.91. The van der Waals surface area contributed by atoms with Gasteiger partial charge in [0.1, 0.15) is 5.75 Å². The molecule has 0 N–H and O–H groups in total. The van der Waals surface area contributed by atoms with Gasteiger partial charge in [0.05, 0.1) is 12.5 Å². The number of hydrogen-bond donors (Lipinski definition) is 0. The first kappa shape index (κ1) is 14.4. The molecule has 0 bridgehead atoms. The number of rotatable bonds is 4. The fourth-order valence-electron chi connectivity index (χ4n) is 3.63. The van der Waals surface area contributed by atoms with Gasteiger partial charge < -0.3 is 9.64 Å². The van der Waals surface area contributed by atoms with E-state index < -0.39 is 0 Å². The highest BCUT2D eigenvalue weighted by Crippen LogP contribution is 2.50. The van der Waals surface area contributed by atoms with E-state index >= 15 is 0 Å². The van der Waals surface area contributed by atoms with Gasteiger partial charge in [-0.15, -0.1) is 0 Å². The lowest BCUT2D eigenvalue weighted by molar-refractivity contribution is -0.137. The Morgan fingerprint density at radius 2 is 2.00 bits per heavy atom. The molecule has 3 nitrogen and oxygen atoms in total. The number of ether oxygens (including phenoxy) is 1. The van der Waals surface area contributed by atoms with Gasteiger partial charge in [-0.25, -0.2) is 0 Å². The number of carbonyl (C=O) groups is 1. The van der Waals surface area contributed by atoms with Crippen LogP contribution in [0.2, 0.25) is 0 Å². The molecule has 1 saturated heterocycles. The molecule has 2 fully saturated rings. The predicted octanol–water partition coefficient (Wildman–Crippen LogP) is 3.52. The summed E-state index contributed by atoms with van der Waals surface area (Å²) in [5.41, 5.74) is 0.922.